The van der Waals surface area contributed by atoms with E-state index in [-0.39, 0.29) is 5.91 Å². The van der Waals surface area contributed by atoms with E-state index in [2.05, 4.69) is 10.3 Å². The van der Waals surface area contributed by atoms with E-state index in [9.17, 15) is 4.79 Å². The summed E-state index contributed by atoms with van der Waals surface area (Å²) in [6.45, 7) is 6.14. The first-order chi connectivity index (χ1) is 11.2. The molecule has 1 aromatic heterocycles. The van der Waals surface area contributed by atoms with Crippen LogP contribution < -0.4 is 10.1 Å². The Kier molecular flexibility index (Phi) is 7.03. The quantitative estimate of drug-likeness (QED) is 0.716. The third-order valence-electron chi connectivity index (χ3n) is 3.11. The second-order valence-corrected chi connectivity index (χ2v) is 6.01. The zero-order valence-electron chi connectivity index (χ0n) is 13.5. The van der Waals surface area contributed by atoms with Gasteiger partial charge in [-0.2, -0.15) is 0 Å². The van der Waals surface area contributed by atoms with Gasteiger partial charge in [-0.15, -0.1) is 11.3 Å². The van der Waals surface area contributed by atoms with E-state index < -0.39 is 0 Å². The molecule has 1 aromatic carbocycles. The summed E-state index contributed by atoms with van der Waals surface area (Å²) in [7, 11) is 0. The fraction of sp³-hybridized carbons (Fsp3) is 0.412. The smallest absolute Gasteiger partial charge is 0.263 e. The maximum Gasteiger partial charge on any atom is 0.263 e. The van der Waals surface area contributed by atoms with Crippen molar-refractivity contribution >= 4 is 17.2 Å². The minimum atomic E-state index is -0.0811. The Morgan fingerprint density at radius 1 is 1.30 bits per heavy atom. The zero-order valence-corrected chi connectivity index (χ0v) is 14.3. The number of carbonyl (C=O) groups is 1. The molecule has 5 nitrogen and oxygen atoms in total. The first-order valence-electron chi connectivity index (χ1n) is 7.70. The van der Waals surface area contributed by atoms with Crippen molar-refractivity contribution in [2.24, 2.45) is 0 Å². The summed E-state index contributed by atoms with van der Waals surface area (Å²) in [4.78, 5) is 17.2. The number of nitrogens with zero attached hydrogens (tertiary/aromatic N) is 1. The Labute approximate surface area is 140 Å². The number of aromatic nitrogens is 1. The molecule has 23 heavy (non-hydrogen) atoms. The second-order valence-electron chi connectivity index (χ2n) is 4.93. The van der Waals surface area contributed by atoms with Crippen LogP contribution in [0.2, 0.25) is 0 Å². The molecule has 1 amide bonds. The van der Waals surface area contributed by atoms with Crippen molar-refractivity contribution in [3.63, 3.8) is 0 Å². The highest BCUT2D eigenvalue weighted by Gasteiger charge is 2.15. The first kappa shape index (κ1) is 17.4. The molecule has 1 heterocycles. The molecular formula is C17H22N2O3S. The van der Waals surface area contributed by atoms with E-state index in [1.54, 1.807) is 0 Å². The number of carbonyl (C=O) groups excluding carboxylic acids is 1. The van der Waals surface area contributed by atoms with Crippen LogP contribution in [0.25, 0.3) is 0 Å². The van der Waals surface area contributed by atoms with Gasteiger partial charge in [0.2, 0.25) is 0 Å². The first-order valence-corrected chi connectivity index (χ1v) is 8.52. The summed E-state index contributed by atoms with van der Waals surface area (Å²) >= 11 is 1.38. The topological polar surface area (TPSA) is 60.5 Å². The number of thiazole rings is 1. The SMILES string of the molecule is CCOCCCNC(=O)c1sc(COc2ccccc2)nc1C. The van der Waals surface area contributed by atoms with Crippen LogP contribution >= 0.6 is 11.3 Å². The van der Waals surface area contributed by atoms with E-state index in [1.807, 2.05) is 44.2 Å². The summed E-state index contributed by atoms with van der Waals surface area (Å²) in [5, 5.41) is 3.69. The van der Waals surface area contributed by atoms with E-state index in [0.29, 0.717) is 31.2 Å². The van der Waals surface area contributed by atoms with Gasteiger partial charge in [-0.05, 0) is 32.4 Å². The molecule has 0 atom stereocenters. The van der Waals surface area contributed by atoms with Crippen molar-refractivity contribution in [2.75, 3.05) is 19.8 Å². The lowest BCUT2D eigenvalue weighted by molar-refractivity contribution is 0.0947. The van der Waals surface area contributed by atoms with Gasteiger partial charge in [0, 0.05) is 19.8 Å². The van der Waals surface area contributed by atoms with Crippen LogP contribution in [0.5, 0.6) is 5.75 Å². The number of benzene rings is 1. The van der Waals surface area contributed by atoms with Gasteiger partial charge in [-0.25, -0.2) is 4.98 Å². The highest BCUT2D eigenvalue weighted by molar-refractivity contribution is 7.13. The molecule has 2 aromatic rings. The Morgan fingerprint density at radius 2 is 2.09 bits per heavy atom. The molecule has 0 aliphatic rings. The number of hydrogen-bond donors (Lipinski definition) is 1. The number of aryl methyl sites for hydroxylation is 1. The van der Waals surface area contributed by atoms with Gasteiger partial charge >= 0.3 is 0 Å². The lowest BCUT2D eigenvalue weighted by Crippen LogP contribution is -2.25. The average molecular weight is 334 g/mol. The van der Waals surface area contributed by atoms with Crippen LogP contribution in [0.15, 0.2) is 30.3 Å². The number of ether oxygens (including phenoxy) is 2. The third kappa shape index (κ3) is 5.65. The fourth-order valence-corrected chi connectivity index (χ4v) is 2.88. The summed E-state index contributed by atoms with van der Waals surface area (Å²) in [6.07, 6.45) is 0.807. The highest BCUT2D eigenvalue weighted by atomic mass is 32.1. The molecule has 0 fully saturated rings. The molecule has 0 bridgehead atoms. The lowest BCUT2D eigenvalue weighted by Gasteiger charge is -2.04. The van der Waals surface area contributed by atoms with E-state index in [0.717, 1.165) is 22.9 Å². The minimum Gasteiger partial charge on any atom is -0.486 e. The lowest BCUT2D eigenvalue weighted by atomic mass is 10.3. The third-order valence-corrected chi connectivity index (χ3v) is 4.24. The summed E-state index contributed by atoms with van der Waals surface area (Å²) in [6, 6.07) is 9.57. The number of hydrogen-bond acceptors (Lipinski definition) is 5. The molecule has 6 heteroatoms. The van der Waals surface area contributed by atoms with Crippen LogP contribution in [0.4, 0.5) is 0 Å². The molecule has 124 valence electrons. The number of amides is 1. The molecule has 2 rings (SSSR count). The fourth-order valence-electron chi connectivity index (χ4n) is 1.99. The average Bonchev–Trinajstić information content (AvgIpc) is 2.94. The molecule has 0 spiro atoms. The monoisotopic (exact) mass is 334 g/mol. The number of nitrogens with one attached hydrogen (secondary N) is 1. The van der Waals surface area contributed by atoms with Crippen LogP contribution in [0.1, 0.15) is 33.7 Å². The van der Waals surface area contributed by atoms with Crippen molar-refractivity contribution in [2.45, 2.75) is 26.9 Å². The van der Waals surface area contributed by atoms with Crippen LogP contribution in [0.3, 0.4) is 0 Å². The highest BCUT2D eigenvalue weighted by Crippen LogP contribution is 2.20. The summed E-state index contributed by atoms with van der Waals surface area (Å²) in [5.41, 5.74) is 0.740. The molecule has 0 aliphatic carbocycles. The molecule has 0 unspecified atom stereocenters. The Morgan fingerprint density at radius 3 is 2.83 bits per heavy atom. The molecule has 0 radical (unpaired) electrons. The predicted molar refractivity (Wildman–Crippen MR) is 91.1 cm³/mol. The largest absolute Gasteiger partial charge is 0.486 e. The number of rotatable bonds is 9. The van der Waals surface area contributed by atoms with Crippen LogP contribution in [-0.2, 0) is 11.3 Å². The maximum atomic E-state index is 12.2. The van der Waals surface area contributed by atoms with Crippen molar-refractivity contribution in [3.8, 4) is 5.75 Å². The molecule has 0 saturated heterocycles. The van der Waals surface area contributed by atoms with Gasteiger partial charge < -0.3 is 14.8 Å². The van der Waals surface area contributed by atoms with Gasteiger partial charge in [0.15, 0.2) is 0 Å². The van der Waals surface area contributed by atoms with Crippen molar-refractivity contribution in [1.82, 2.24) is 10.3 Å². The Bertz CT molecular complexity index is 614. The normalized spacial score (nSPS) is 10.5. The molecule has 0 saturated carbocycles. The molecular weight excluding hydrogens is 312 g/mol. The van der Waals surface area contributed by atoms with Gasteiger partial charge in [-0.3, -0.25) is 4.79 Å². The second kappa shape index (κ2) is 9.27. The van der Waals surface area contributed by atoms with Crippen LogP contribution in [0, 0.1) is 6.92 Å². The summed E-state index contributed by atoms with van der Waals surface area (Å²) in [5.74, 6) is 0.713. The van der Waals surface area contributed by atoms with Crippen molar-refractivity contribution < 1.29 is 14.3 Å². The Hall–Kier alpha value is -1.92. The standard InChI is InChI=1S/C17H22N2O3S/c1-3-21-11-7-10-18-17(20)16-13(2)19-15(23-16)12-22-14-8-5-4-6-9-14/h4-6,8-9H,3,7,10-12H2,1-2H3,(H,18,20). The van der Waals surface area contributed by atoms with Crippen LogP contribution in [-0.4, -0.2) is 30.6 Å². The van der Waals surface area contributed by atoms with Crippen molar-refractivity contribution in [1.29, 1.82) is 0 Å². The Balaban J connectivity index is 1.83. The zero-order chi connectivity index (χ0) is 16.5. The van der Waals surface area contributed by atoms with E-state index in [4.69, 9.17) is 9.47 Å². The summed E-state index contributed by atoms with van der Waals surface area (Å²) < 4.78 is 10.9. The van der Waals surface area contributed by atoms with E-state index in [1.165, 1.54) is 11.3 Å². The van der Waals surface area contributed by atoms with Gasteiger partial charge in [-0.1, -0.05) is 18.2 Å². The molecule has 0 aliphatic heterocycles. The van der Waals surface area contributed by atoms with Gasteiger partial charge in [0.1, 0.15) is 22.2 Å². The minimum absolute atomic E-state index is 0.0811. The maximum absolute atomic E-state index is 12.2. The number of para-hydroxylation sites is 1. The predicted octanol–water partition coefficient (Wildman–Crippen LogP) is 3.19. The van der Waals surface area contributed by atoms with Gasteiger partial charge in [0.25, 0.3) is 5.91 Å². The van der Waals surface area contributed by atoms with Gasteiger partial charge in [0.05, 0.1) is 5.69 Å². The van der Waals surface area contributed by atoms with Crippen molar-refractivity contribution in [3.05, 3.63) is 45.9 Å². The molecule has 1 N–H and O–H groups in total. The van der Waals surface area contributed by atoms with E-state index >= 15 is 0 Å².